The molecule has 0 aromatic rings. The quantitative estimate of drug-likeness (QED) is 0.118. The average molecular weight is 437 g/mol. The second-order valence-corrected chi connectivity index (χ2v) is 11.1. The summed E-state index contributed by atoms with van der Waals surface area (Å²) in [6, 6.07) is 0. The van der Waals surface area contributed by atoms with Gasteiger partial charge in [0, 0.05) is 0 Å². The van der Waals surface area contributed by atoms with Crippen LogP contribution in [-0.4, -0.2) is 0 Å². The van der Waals surface area contributed by atoms with Gasteiger partial charge in [0.15, 0.2) is 0 Å². The highest BCUT2D eigenvalue weighted by Gasteiger charge is 2.06. The van der Waals surface area contributed by atoms with Gasteiger partial charge in [-0.1, -0.05) is 188 Å². The number of hydrogen-bond donors (Lipinski definition) is 0. The Morgan fingerprint density at radius 3 is 0.806 bits per heavy atom. The van der Waals surface area contributed by atoms with Crippen molar-refractivity contribution in [3.8, 4) is 0 Å². The van der Waals surface area contributed by atoms with E-state index in [0.717, 1.165) is 11.8 Å². The minimum Gasteiger partial charge on any atom is -0.0654 e. The second-order valence-electron chi connectivity index (χ2n) is 11.1. The van der Waals surface area contributed by atoms with E-state index in [1.54, 1.807) is 0 Å². The van der Waals surface area contributed by atoms with Crippen LogP contribution in [0.15, 0.2) is 0 Å². The van der Waals surface area contributed by atoms with E-state index >= 15 is 0 Å². The molecule has 0 bridgehead atoms. The SMILES string of the molecule is CCCCCCCCCCCCC(C)CCCC(C)CCCCCCCCCCCC. The highest BCUT2D eigenvalue weighted by atomic mass is 14.1. The normalized spacial score (nSPS) is 13.5. The minimum atomic E-state index is 0.957. The molecule has 0 radical (unpaired) electrons. The molecule has 0 heteroatoms. The molecule has 0 fully saturated rings. The molecule has 0 nitrogen and oxygen atoms in total. The van der Waals surface area contributed by atoms with E-state index in [2.05, 4.69) is 27.7 Å². The topological polar surface area (TPSA) is 0 Å². The van der Waals surface area contributed by atoms with E-state index in [1.165, 1.54) is 161 Å². The third-order valence-corrected chi connectivity index (χ3v) is 7.49. The number of rotatable bonds is 26. The van der Waals surface area contributed by atoms with Crippen molar-refractivity contribution in [2.75, 3.05) is 0 Å². The van der Waals surface area contributed by atoms with Gasteiger partial charge in [0.25, 0.3) is 0 Å². The van der Waals surface area contributed by atoms with Crippen LogP contribution in [0.4, 0.5) is 0 Å². The van der Waals surface area contributed by atoms with Crippen LogP contribution in [0.3, 0.4) is 0 Å². The van der Waals surface area contributed by atoms with Crippen LogP contribution < -0.4 is 0 Å². The van der Waals surface area contributed by atoms with E-state index in [4.69, 9.17) is 0 Å². The van der Waals surface area contributed by atoms with Gasteiger partial charge in [0.1, 0.15) is 0 Å². The van der Waals surface area contributed by atoms with Gasteiger partial charge in [-0.25, -0.2) is 0 Å². The van der Waals surface area contributed by atoms with Crippen molar-refractivity contribution in [3.63, 3.8) is 0 Å². The lowest BCUT2D eigenvalue weighted by molar-refractivity contribution is 0.390. The first kappa shape index (κ1) is 31.0. The second kappa shape index (κ2) is 26.3. The van der Waals surface area contributed by atoms with Gasteiger partial charge in [-0.05, 0) is 11.8 Å². The molecule has 0 spiro atoms. The van der Waals surface area contributed by atoms with Gasteiger partial charge in [0.05, 0.1) is 0 Å². The van der Waals surface area contributed by atoms with Crippen LogP contribution in [0.25, 0.3) is 0 Å². The fourth-order valence-electron chi connectivity index (χ4n) is 5.06. The zero-order chi connectivity index (χ0) is 22.8. The van der Waals surface area contributed by atoms with Gasteiger partial charge in [0.2, 0.25) is 0 Å². The molecule has 0 saturated carbocycles. The molecule has 0 rings (SSSR count). The Kier molecular flexibility index (Phi) is 26.3. The summed E-state index contributed by atoms with van der Waals surface area (Å²) in [6.07, 6.45) is 36.6. The summed E-state index contributed by atoms with van der Waals surface area (Å²) in [5.74, 6) is 1.91. The van der Waals surface area contributed by atoms with Crippen molar-refractivity contribution in [1.29, 1.82) is 0 Å². The van der Waals surface area contributed by atoms with E-state index in [0.29, 0.717) is 0 Å². The van der Waals surface area contributed by atoms with Crippen LogP contribution in [0.2, 0.25) is 0 Å². The number of hydrogen-bond acceptors (Lipinski definition) is 0. The molecule has 0 heterocycles. The van der Waals surface area contributed by atoms with Gasteiger partial charge in [-0.3, -0.25) is 0 Å². The summed E-state index contributed by atoms with van der Waals surface area (Å²) in [5, 5.41) is 0. The van der Waals surface area contributed by atoms with Crippen molar-refractivity contribution >= 4 is 0 Å². The standard InChI is InChI=1S/C31H64/c1-5-7-9-11-13-15-17-19-21-23-26-30(3)28-25-29-31(4)27-24-22-20-18-16-14-12-10-8-6-2/h30-31H,5-29H2,1-4H3. The molecule has 2 unspecified atom stereocenters. The third-order valence-electron chi connectivity index (χ3n) is 7.49. The summed E-state index contributed by atoms with van der Waals surface area (Å²) in [6.45, 7) is 9.61. The molecule has 0 amide bonds. The van der Waals surface area contributed by atoms with Crippen LogP contribution >= 0.6 is 0 Å². The highest BCUT2D eigenvalue weighted by molar-refractivity contribution is 4.59. The van der Waals surface area contributed by atoms with E-state index in [1.807, 2.05) is 0 Å². The lowest BCUT2D eigenvalue weighted by Gasteiger charge is -2.14. The smallest absolute Gasteiger partial charge is 0.0443 e. The molecule has 0 aromatic carbocycles. The van der Waals surface area contributed by atoms with Crippen LogP contribution in [-0.2, 0) is 0 Å². The predicted octanol–water partition coefficient (Wildman–Crippen LogP) is 12.1. The summed E-state index contributed by atoms with van der Waals surface area (Å²) < 4.78 is 0. The van der Waals surface area contributed by atoms with E-state index < -0.39 is 0 Å². The maximum Gasteiger partial charge on any atom is -0.0443 e. The molecule has 188 valence electrons. The van der Waals surface area contributed by atoms with E-state index in [-0.39, 0.29) is 0 Å². The Hall–Kier alpha value is 0. The van der Waals surface area contributed by atoms with E-state index in [9.17, 15) is 0 Å². The van der Waals surface area contributed by atoms with Gasteiger partial charge < -0.3 is 0 Å². The first-order chi connectivity index (χ1) is 15.2. The fraction of sp³-hybridized carbons (Fsp3) is 1.00. The Bertz CT molecular complexity index is 277. The minimum absolute atomic E-state index is 0.957. The Labute approximate surface area is 200 Å². The largest absolute Gasteiger partial charge is 0.0654 e. The summed E-state index contributed by atoms with van der Waals surface area (Å²) in [4.78, 5) is 0. The lowest BCUT2D eigenvalue weighted by atomic mass is 9.92. The first-order valence-electron chi connectivity index (χ1n) is 15.2. The summed E-state index contributed by atoms with van der Waals surface area (Å²) >= 11 is 0. The van der Waals surface area contributed by atoms with Gasteiger partial charge in [-0.15, -0.1) is 0 Å². The van der Waals surface area contributed by atoms with Crippen molar-refractivity contribution in [2.45, 2.75) is 188 Å². The summed E-state index contributed by atoms with van der Waals surface area (Å²) in [7, 11) is 0. The monoisotopic (exact) mass is 437 g/mol. The molecular formula is C31H64. The zero-order valence-electron chi connectivity index (χ0n) is 22.8. The molecule has 2 atom stereocenters. The maximum atomic E-state index is 2.50. The predicted molar refractivity (Wildman–Crippen MR) is 145 cm³/mol. The molecule has 0 aliphatic carbocycles. The van der Waals surface area contributed by atoms with Crippen LogP contribution in [0, 0.1) is 11.8 Å². The first-order valence-corrected chi connectivity index (χ1v) is 15.2. The molecular weight excluding hydrogens is 372 g/mol. The van der Waals surface area contributed by atoms with Crippen molar-refractivity contribution in [2.24, 2.45) is 11.8 Å². The lowest BCUT2D eigenvalue weighted by Crippen LogP contribution is -1.99. The highest BCUT2D eigenvalue weighted by Crippen LogP contribution is 2.22. The molecule has 0 saturated heterocycles. The Balaban J connectivity index is 3.28. The van der Waals surface area contributed by atoms with Crippen molar-refractivity contribution < 1.29 is 0 Å². The maximum absolute atomic E-state index is 2.50. The van der Waals surface area contributed by atoms with Crippen molar-refractivity contribution in [1.82, 2.24) is 0 Å². The molecule has 0 aliphatic rings. The Morgan fingerprint density at radius 2 is 0.516 bits per heavy atom. The Morgan fingerprint density at radius 1 is 0.290 bits per heavy atom. The third kappa shape index (κ3) is 26.1. The van der Waals surface area contributed by atoms with Crippen LogP contribution in [0.5, 0.6) is 0 Å². The molecule has 31 heavy (non-hydrogen) atoms. The summed E-state index contributed by atoms with van der Waals surface area (Å²) in [5.41, 5.74) is 0. The number of unbranched alkanes of at least 4 members (excludes halogenated alkanes) is 18. The van der Waals surface area contributed by atoms with Gasteiger partial charge in [-0.2, -0.15) is 0 Å². The molecule has 0 aromatic heterocycles. The molecule has 0 aliphatic heterocycles. The fourth-order valence-corrected chi connectivity index (χ4v) is 5.06. The van der Waals surface area contributed by atoms with Gasteiger partial charge >= 0.3 is 0 Å². The van der Waals surface area contributed by atoms with Crippen LogP contribution in [0.1, 0.15) is 188 Å². The zero-order valence-corrected chi connectivity index (χ0v) is 22.8. The molecule has 0 N–H and O–H groups in total. The van der Waals surface area contributed by atoms with Crippen molar-refractivity contribution in [3.05, 3.63) is 0 Å². The average Bonchev–Trinajstić information content (AvgIpc) is 2.76.